The van der Waals surface area contributed by atoms with Crippen LogP contribution < -0.4 is 4.90 Å². The van der Waals surface area contributed by atoms with Gasteiger partial charge in [-0.15, -0.1) is 11.3 Å². The molecule has 0 spiro atoms. The number of allylic oxidation sites excluding steroid dienone is 1. The Hall–Kier alpha value is -2.78. The van der Waals surface area contributed by atoms with Crippen LogP contribution in [0.4, 0.5) is 5.69 Å². The lowest BCUT2D eigenvalue weighted by molar-refractivity contribution is 0.516. The molecule has 0 bridgehead atoms. The van der Waals surface area contributed by atoms with E-state index in [2.05, 4.69) is 96.6 Å². The third-order valence-electron chi connectivity index (χ3n) is 5.20. The normalized spacial score (nSPS) is 14.8. The van der Waals surface area contributed by atoms with Crippen molar-refractivity contribution < 1.29 is 0 Å². The molecule has 0 amide bonds. The van der Waals surface area contributed by atoms with Crippen LogP contribution in [0.1, 0.15) is 12.5 Å². The number of thiophene rings is 1. The Morgan fingerprint density at radius 1 is 0.808 bits per heavy atom. The number of nitrogens with zero attached hydrogens (tertiary/aromatic N) is 2. The van der Waals surface area contributed by atoms with Crippen molar-refractivity contribution in [3.63, 3.8) is 0 Å². The van der Waals surface area contributed by atoms with E-state index in [0.717, 1.165) is 6.67 Å². The molecule has 0 N–H and O–H groups in total. The molecule has 0 fully saturated rings. The molecule has 0 saturated carbocycles. The molecule has 0 saturated heterocycles. The van der Waals surface area contributed by atoms with Crippen molar-refractivity contribution in [2.24, 2.45) is 0 Å². The van der Waals surface area contributed by atoms with Gasteiger partial charge in [0.2, 0.25) is 0 Å². The second kappa shape index (κ2) is 5.89. The van der Waals surface area contributed by atoms with E-state index in [1.165, 1.54) is 42.8 Å². The number of rotatable bonds is 2. The molecule has 0 radical (unpaired) electrons. The molecule has 1 aliphatic rings. The van der Waals surface area contributed by atoms with Gasteiger partial charge in [0.05, 0.1) is 12.4 Å². The molecule has 2 nitrogen and oxygen atoms in total. The largest absolute Gasteiger partial charge is 0.355 e. The fourth-order valence-corrected chi connectivity index (χ4v) is 5.07. The van der Waals surface area contributed by atoms with Crippen LogP contribution in [0.15, 0.2) is 78.5 Å². The van der Waals surface area contributed by atoms with Crippen molar-refractivity contribution in [1.82, 2.24) is 4.90 Å². The molecule has 1 aromatic heterocycles. The van der Waals surface area contributed by atoms with Gasteiger partial charge in [-0.3, -0.25) is 0 Å². The van der Waals surface area contributed by atoms with Gasteiger partial charge in [-0.2, -0.15) is 0 Å². The van der Waals surface area contributed by atoms with Gasteiger partial charge in [-0.25, -0.2) is 0 Å². The molecule has 4 aromatic rings. The highest BCUT2D eigenvalue weighted by molar-refractivity contribution is 7.25. The predicted octanol–water partition coefficient (Wildman–Crippen LogP) is 6.15. The van der Waals surface area contributed by atoms with Gasteiger partial charge >= 0.3 is 0 Å². The summed E-state index contributed by atoms with van der Waals surface area (Å²) in [5, 5.41) is 2.71. The second-order valence-corrected chi connectivity index (χ2v) is 7.93. The molecule has 3 heteroatoms. The number of anilines is 1. The Morgan fingerprint density at radius 2 is 1.54 bits per heavy atom. The maximum Gasteiger partial charge on any atom is 0.0947 e. The van der Waals surface area contributed by atoms with E-state index in [9.17, 15) is 0 Å². The first-order valence-electron chi connectivity index (χ1n) is 8.88. The second-order valence-electron chi connectivity index (χ2n) is 6.85. The molecule has 0 unspecified atom stereocenters. The highest BCUT2D eigenvalue weighted by Gasteiger charge is 2.25. The van der Waals surface area contributed by atoms with Crippen LogP contribution in [0, 0.1) is 0 Å². The first kappa shape index (κ1) is 15.5. The van der Waals surface area contributed by atoms with E-state index < -0.39 is 0 Å². The van der Waals surface area contributed by atoms with E-state index in [0.29, 0.717) is 0 Å². The minimum absolute atomic E-state index is 0.883. The van der Waals surface area contributed by atoms with E-state index in [1.807, 2.05) is 11.3 Å². The van der Waals surface area contributed by atoms with Crippen molar-refractivity contribution in [2.45, 2.75) is 6.92 Å². The van der Waals surface area contributed by atoms with E-state index in [4.69, 9.17) is 0 Å². The Bertz CT molecular complexity index is 1140. The standard InChI is InChI=1S/C23H20N2S/c1-16-23(24(2)15-25(16)18-8-4-3-5-9-18)17-12-13-22-20(14-17)19-10-6-7-11-21(19)26-22/h3-14H,15H2,1-2H3. The average molecular weight is 356 g/mol. The van der Waals surface area contributed by atoms with Crippen molar-refractivity contribution in [3.8, 4) is 0 Å². The zero-order valence-corrected chi connectivity index (χ0v) is 15.8. The van der Waals surface area contributed by atoms with Crippen LogP contribution in [0.5, 0.6) is 0 Å². The topological polar surface area (TPSA) is 6.48 Å². The summed E-state index contributed by atoms with van der Waals surface area (Å²) in [5.41, 5.74) is 5.15. The number of fused-ring (bicyclic) bond motifs is 3. The summed E-state index contributed by atoms with van der Waals surface area (Å²) in [7, 11) is 2.18. The summed E-state index contributed by atoms with van der Waals surface area (Å²) in [4.78, 5) is 4.73. The highest BCUT2D eigenvalue weighted by Crippen LogP contribution is 2.38. The smallest absolute Gasteiger partial charge is 0.0947 e. The molecule has 0 atom stereocenters. The quantitative estimate of drug-likeness (QED) is 0.425. The molecule has 128 valence electrons. The first-order valence-corrected chi connectivity index (χ1v) is 9.70. The average Bonchev–Trinajstić information content (AvgIpc) is 3.19. The van der Waals surface area contributed by atoms with Crippen LogP contribution in [-0.4, -0.2) is 18.6 Å². The van der Waals surface area contributed by atoms with Crippen LogP contribution in [-0.2, 0) is 0 Å². The van der Waals surface area contributed by atoms with Crippen LogP contribution >= 0.6 is 11.3 Å². The predicted molar refractivity (Wildman–Crippen MR) is 113 cm³/mol. The van der Waals surface area contributed by atoms with E-state index in [1.54, 1.807) is 0 Å². The lowest BCUT2D eigenvalue weighted by Crippen LogP contribution is -2.24. The zero-order valence-electron chi connectivity index (χ0n) is 14.9. The molecule has 3 aromatic carbocycles. The minimum Gasteiger partial charge on any atom is -0.355 e. The zero-order chi connectivity index (χ0) is 17.7. The Kier molecular flexibility index (Phi) is 3.50. The lowest BCUT2D eigenvalue weighted by Gasteiger charge is -2.20. The lowest BCUT2D eigenvalue weighted by atomic mass is 10.1. The minimum atomic E-state index is 0.883. The summed E-state index contributed by atoms with van der Waals surface area (Å²) >= 11 is 1.87. The van der Waals surface area contributed by atoms with Crippen molar-refractivity contribution in [2.75, 3.05) is 18.6 Å². The molecular formula is C23H20N2S. The number of hydrogen-bond donors (Lipinski definition) is 0. The van der Waals surface area contributed by atoms with Crippen molar-refractivity contribution >= 4 is 42.9 Å². The number of para-hydroxylation sites is 1. The van der Waals surface area contributed by atoms with Crippen molar-refractivity contribution in [1.29, 1.82) is 0 Å². The summed E-state index contributed by atoms with van der Waals surface area (Å²) in [6.45, 7) is 3.11. The van der Waals surface area contributed by atoms with Crippen molar-refractivity contribution in [3.05, 3.63) is 84.1 Å². The van der Waals surface area contributed by atoms with Crippen LogP contribution in [0.25, 0.3) is 25.9 Å². The Balaban J connectivity index is 1.66. The number of benzene rings is 3. The third kappa shape index (κ3) is 2.31. The van der Waals surface area contributed by atoms with Gasteiger partial charge in [0.1, 0.15) is 0 Å². The number of hydrogen-bond acceptors (Lipinski definition) is 3. The fourth-order valence-electron chi connectivity index (χ4n) is 3.98. The summed E-state index contributed by atoms with van der Waals surface area (Å²) in [6, 6.07) is 26.2. The Morgan fingerprint density at radius 3 is 2.38 bits per heavy atom. The van der Waals surface area contributed by atoms with Gasteiger partial charge in [0, 0.05) is 44.2 Å². The molecule has 1 aliphatic heterocycles. The molecule has 0 aliphatic carbocycles. The van der Waals surface area contributed by atoms with E-state index in [-0.39, 0.29) is 0 Å². The van der Waals surface area contributed by atoms with Gasteiger partial charge in [0.15, 0.2) is 0 Å². The fraction of sp³-hybridized carbons (Fsp3) is 0.130. The van der Waals surface area contributed by atoms with Gasteiger partial charge in [0.25, 0.3) is 0 Å². The maximum absolute atomic E-state index is 2.38. The summed E-state index contributed by atoms with van der Waals surface area (Å²) in [6.07, 6.45) is 0. The van der Waals surface area contributed by atoms with Gasteiger partial charge in [-0.1, -0.05) is 42.5 Å². The highest BCUT2D eigenvalue weighted by atomic mass is 32.1. The summed E-state index contributed by atoms with van der Waals surface area (Å²) in [5.74, 6) is 0. The molecule has 5 rings (SSSR count). The SMILES string of the molecule is CC1=C(c2ccc3sc4ccccc4c3c2)N(C)CN1c1ccccc1. The maximum atomic E-state index is 2.38. The monoisotopic (exact) mass is 356 g/mol. The summed E-state index contributed by atoms with van der Waals surface area (Å²) < 4.78 is 2.71. The molecular weight excluding hydrogens is 336 g/mol. The Labute approximate surface area is 157 Å². The third-order valence-corrected chi connectivity index (χ3v) is 6.35. The molecule has 2 heterocycles. The van der Waals surface area contributed by atoms with Gasteiger partial charge < -0.3 is 9.80 Å². The molecule has 26 heavy (non-hydrogen) atoms. The van der Waals surface area contributed by atoms with Gasteiger partial charge in [-0.05, 0) is 37.3 Å². The first-order chi connectivity index (χ1) is 12.7. The van der Waals surface area contributed by atoms with E-state index >= 15 is 0 Å². The van der Waals surface area contributed by atoms with Crippen LogP contribution in [0.3, 0.4) is 0 Å². The van der Waals surface area contributed by atoms with Crippen LogP contribution in [0.2, 0.25) is 0 Å².